The van der Waals surface area contributed by atoms with E-state index in [1.807, 2.05) is 23.6 Å². The first-order valence-corrected chi connectivity index (χ1v) is 6.55. The van der Waals surface area contributed by atoms with Crippen molar-refractivity contribution in [1.29, 1.82) is 0 Å². The quantitative estimate of drug-likeness (QED) is 0.835. The van der Waals surface area contributed by atoms with E-state index in [1.54, 1.807) is 0 Å². The van der Waals surface area contributed by atoms with Crippen molar-refractivity contribution in [1.82, 2.24) is 14.8 Å². The number of halogens is 2. The van der Waals surface area contributed by atoms with Crippen LogP contribution in [-0.4, -0.2) is 14.8 Å². The first kappa shape index (κ1) is 12.6. The van der Waals surface area contributed by atoms with Crippen molar-refractivity contribution in [3.8, 4) is 5.69 Å². The summed E-state index contributed by atoms with van der Waals surface area (Å²) in [6.45, 7) is 6.18. The van der Waals surface area contributed by atoms with Gasteiger partial charge in [-0.15, -0.1) is 10.2 Å². The largest absolute Gasteiger partial charge is 0.268 e. The predicted octanol–water partition coefficient (Wildman–Crippen LogP) is 4.12. The minimum atomic E-state index is 0.266. The Morgan fingerprint density at radius 2 is 2.00 bits per heavy atom. The Morgan fingerprint density at radius 1 is 1.29 bits per heavy atom. The van der Waals surface area contributed by atoms with E-state index >= 15 is 0 Å². The molecule has 0 aliphatic heterocycles. The van der Waals surface area contributed by atoms with Crippen LogP contribution >= 0.6 is 27.5 Å². The fourth-order valence-electron chi connectivity index (χ4n) is 1.67. The van der Waals surface area contributed by atoms with Gasteiger partial charge in [-0.3, -0.25) is 4.57 Å². The lowest BCUT2D eigenvalue weighted by Gasteiger charge is -2.12. The highest BCUT2D eigenvalue weighted by Gasteiger charge is 2.16. The van der Waals surface area contributed by atoms with Gasteiger partial charge in [-0.2, -0.15) is 0 Å². The summed E-state index contributed by atoms with van der Waals surface area (Å²) in [5.74, 6) is 1.13. The predicted molar refractivity (Wildman–Crippen MR) is 72.9 cm³/mol. The fourth-order valence-corrected chi connectivity index (χ4v) is 2.31. The molecule has 0 spiro atoms. The molecule has 1 aromatic heterocycles. The lowest BCUT2D eigenvalue weighted by molar-refractivity contribution is 0.744. The molecular formula is C12H13BrClN3. The van der Waals surface area contributed by atoms with Crippen molar-refractivity contribution in [3.63, 3.8) is 0 Å². The molecule has 1 aromatic carbocycles. The number of hydrogen-bond donors (Lipinski definition) is 0. The topological polar surface area (TPSA) is 30.7 Å². The summed E-state index contributed by atoms with van der Waals surface area (Å²) in [7, 11) is 0. The zero-order valence-corrected chi connectivity index (χ0v) is 12.2. The van der Waals surface area contributed by atoms with Crippen LogP contribution < -0.4 is 0 Å². The van der Waals surface area contributed by atoms with Gasteiger partial charge in [0, 0.05) is 10.4 Å². The van der Waals surface area contributed by atoms with Crippen LogP contribution in [0.1, 0.15) is 31.2 Å². The second kappa shape index (κ2) is 4.78. The molecule has 0 saturated carbocycles. The first-order valence-electron chi connectivity index (χ1n) is 5.38. The Hall–Kier alpha value is -0.870. The van der Waals surface area contributed by atoms with Crippen LogP contribution in [0.2, 0.25) is 5.28 Å². The standard InChI is InChI=1S/C12H13BrClN3/c1-7(2)11-15-16-12(14)17(11)10-6-8(3)4-5-9(10)13/h4-7H,1-3H3. The molecule has 17 heavy (non-hydrogen) atoms. The summed E-state index contributed by atoms with van der Waals surface area (Å²) >= 11 is 9.65. The van der Waals surface area contributed by atoms with Crippen LogP contribution in [-0.2, 0) is 0 Å². The van der Waals surface area contributed by atoms with Gasteiger partial charge in [-0.1, -0.05) is 19.9 Å². The molecule has 1 heterocycles. The van der Waals surface area contributed by atoms with E-state index in [1.165, 1.54) is 5.56 Å². The van der Waals surface area contributed by atoms with Gasteiger partial charge in [0.15, 0.2) is 0 Å². The van der Waals surface area contributed by atoms with E-state index in [4.69, 9.17) is 11.6 Å². The number of aryl methyl sites for hydroxylation is 1. The van der Waals surface area contributed by atoms with Gasteiger partial charge in [-0.25, -0.2) is 0 Å². The fraction of sp³-hybridized carbons (Fsp3) is 0.333. The van der Waals surface area contributed by atoms with Gasteiger partial charge in [0.1, 0.15) is 5.82 Å². The summed E-state index contributed by atoms with van der Waals surface area (Å²) in [5.41, 5.74) is 2.14. The van der Waals surface area contributed by atoms with Crippen molar-refractivity contribution in [2.75, 3.05) is 0 Å². The van der Waals surface area contributed by atoms with Crippen LogP contribution in [0.4, 0.5) is 0 Å². The minimum absolute atomic E-state index is 0.266. The lowest BCUT2D eigenvalue weighted by atomic mass is 10.2. The van der Waals surface area contributed by atoms with Crippen molar-refractivity contribution < 1.29 is 0 Å². The molecule has 0 amide bonds. The molecule has 0 atom stereocenters. The number of hydrogen-bond acceptors (Lipinski definition) is 2. The third-order valence-corrected chi connectivity index (χ3v) is 3.42. The number of benzene rings is 1. The molecule has 2 aromatic rings. The Morgan fingerprint density at radius 3 is 2.65 bits per heavy atom. The minimum Gasteiger partial charge on any atom is -0.268 e. The van der Waals surface area contributed by atoms with Gasteiger partial charge in [0.25, 0.3) is 0 Å². The SMILES string of the molecule is Cc1ccc(Br)c(-n2c(Cl)nnc2C(C)C)c1. The third kappa shape index (κ3) is 2.38. The normalized spacial score (nSPS) is 11.2. The Labute approximate surface area is 114 Å². The van der Waals surface area contributed by atoms with Crippen molar-refractivity contribution in [3.05, 3.63) is 39.3 Å². The van der Waals surface area contributed by atoms with Crippen LogP contribution in [0.15, 0.2) is 22.7 Å². The average Bonchev–Trinajstić information content (AvgIpc) is 2.64. The molecule has 90 valence electrons. The maximum Gasteiger partial charge on any atom is 0.229 e. The summed E-state index contributed by atoms with van der Waals surface area (Å²) in [6.07, 6.45) is 0. The number of rotatable bonds is 2. The second-order valence-electron chi connectivity index (χ2n) is 4.27. The van der Waals surface area contributed by atoms with Crippen LogP contribution in [0, 0.1) is 6.92 Å². The van der Waals surface area contributed by atoms with Crippen LogP contribution in [0.25, 0.3) is 5.69 Å². The average molecular weight is 315 g/mol. The molecule has 3 nitrogen and oxygen atoms in total. The molecule has 0 N–H and O–H groups in total. The maximum absolute atomic E-state index is 6.12. The van der Waals surface area contributed by atoms with Crippen molar-refractivity contribution in [2.45, 2.75) is 26.7 Å². The van der Waals surface area contributed by atoms with Crippen molar-refractivity contribution in [2.24, 2.45) is 0 Å². The van der Waals surface area contributed by atoms with Gasteiger partial charge in [0.05, 0.1) is 5.69 Å². The smallest absolute Gasteiger partial charge is 0.229 e. The van der Waals surface area contributed by atoms with Crippen molar-refractivity contribution >= 4 is 27.5 Å². The highest BCUT2D eigenvalue weighted by atomic mass is 79.9. The van der Waals surface area contributed by atoms with E-state index in [2.05, 4.69) is 46.0 Å². The van der Waals surface area contributed by atoms with Crippen LogP contribution in [0.5, 0.6) is 0 Å². The maximum atomic E-state index is 6.12. The zero-order chi connectivity index (χ0) is 12.6. The lowest BCUT2D eigenvalue weighted by Crippen LogP contribution is -2.04. The van der Waals surface area contributed by atoms with E-state index in [9.17, 15) is 0 Å². The van der Waals surface area contributed by atoms with E-state index < -0.39 is 0 Å². The highest BCUT2D eigenvalue weighted by Crippen LogP contribution is 2.28. The van der Waals surface area contributed by atoms with Gasteiger partial charge < -0.3 is 0 Å². The number of aromatic nitrogens is 3. The summed E-state index contributed by atoms with van der Waals surface area (Å²) in [6, 6.07) is 6.11. The molecule has 0 saturated heterocycles. The van der Waals surface area contributed by atoms with Gasteiger partial charge >= 0.3 is 0 Å². The number of nitrogens with zero attached hydrogens (tertiary/aromatic N) is 3. The monoisotopic (exact) mass is 313 g/mol. The van der Waals surface area contributed by atoms with E-state index in [0.717, 1.165) is 16.0 Å². The van der Waals surface area contributed by atoms with Crippen LogP contribution in [0.3, 0.4) is 0 Å². The van der Waals surface area contributed by atoms with E-state index in [0.29, 0.717) is 5.28 Å². The third-order valence-electron chi connectivity index (χ3n) is 2.51. The molecule has 0 fully saturated rings. The molecule has 0 aliphatic rings. The molecule has 0 radical (unpaired) electrons. The Kier molecular flexibility index (Phi) is 3.54. The highest BCUT2D eigenvalue weighted by molar-refractivity contribution is 9.10. The van der Waals surface area contributed by atoms with Gasteiger partial charge in [-0.05, 0) is 52.2 Å². The molecule has 2 rings (SSSR count). The zero-order valence-electron chi connectivity index (χ0n) is 9.91. The second-order valence-corrected chi connectivity index (χ2v) is 5.46. The summed E-state index contributed by atoms with van der Waals surface area (Å²) in [4.78, 5) is 0. The molecule has 0 bridgehead atoms. The molecule has 0 aliphatic carbocycles. The molecule has 5 heteroatoms. The van der Waals surface area contributed by atoms with E-state index in [-0.39, 0.29) is 5.92 Å². The van der Waals surface area contributed by atoms with Gasteiger partial charge in [0.2, 0.25) is 5.28 Å². The molecular weight excluding hydrogens is 302 g/mol. The first-order chi connectivity index (χ1) is 8.00. The molecule has 0 unspecified atom stereocenters. The Bertz CT molecular complexity index is 549. The summed E-state index contributed by atoms with van der Waals surface area (Å²) in [5, 5.41) is 8.45. The Balaban J connectivity index is 2.67. The summed E-state index contributed by atoms with van der Waals surface area (Å²) < 4.78 is 2.86.